The maximum atomic E-state index is 12.7. The number of anilines is 1. The molecule has 1 aromatic heterocycles. The molecule has 8 nitrogen and oxygen atoms in total. The van der Waals surface area contributed by atoms with Crippen molar-refractivity contribution in [3.8, 4) is 0 Å². The molecule has 0 saturated carbocycles. The van der Waals surface area contributed by atoms with Crippen molar-refractivity contribution in [2.75, 3.05) is 5.32 Å². The van der Waals surface area contributed by atoms with Gasteiger partial charge in [0.05, 0.1) is 45.2 Å². The van der Waals surface area contributed by atoms with Gasteiger partial charge >= 0.3 is 5.97 Å². The van der Waals surface area contributed by atoms with Crippen LogP contribution in [0.4, 0.5) is 5.69 Å². The minimum atomic E-state index is -1.17. The highest BCUT2D eigenvalue weighted by Crippen LogP contribution is 2.30. The fourth-order valence-corrected chi connectivity index (χ4v) is 3.58. The van der Waals surface area contributed by atoms with Gasteiger partial charge in [0, 0.05) is 0 Å². The van der Waals surface area contributed by atoms with Crippen LogP contribution in [0.5, 0.6) is 0 Å². The van der Waals surface area contributed by atoms with Crippen LogP contribution in [0.15, 0.2) is 59.2 Å². The van der Waals surface area contributed by atoms with Gasteiger partial charge < -0.3 is 14.5 Å². The third-order valence-electron chi connectivity index (χ3n) is 4.96. The molecule has 4 rings (SSSR count). The van der Waals surface area contributed by atoms with Gasteiger partial charge in [0.1, 0.15) is 5.76 Å². The molecule has 1 aliphatic heterocycles. The first-order chi connectivity index (χ1) is 15.8. The zero-order valence-electron chi connectivity index (χ0n) is 17.1. The maximum absolute atomic E-state index is 12.7. The zero-order valence-corrected chi connectivity index (χ0v) is 18.6. The van der Waals surface area contributed by atoms with Gasteiger partial charge in [-0.05, 0) is 49.4 Å². The van der Waals surface area contributed by atoms with Crippen LogP contribution >= 0.6 is 23.2 Å². The molecule has 0 spiro atoms. The summed E-state index contributed by atoms with van der Waals surface area (Å²) < 4.78 is 10.4. The van der Waals surface area contributed by atoms with Crippen molar-refractivity contribution in [1.29, 1.82) is 0 Å². The lowest BCUT2D eigenvalue weighted by molar-refractivity contribution is -0.123. The van der Waals surface area contributed by atoms with Crippen molar-refractivity contribution < 1.29 is 28.3 Å². The average Bonchev–Trinajstić information content (AvgIpc) is 3.39. The van der Waals surface area contributed by atoms with E-state index in [1.807, 2.05) is 0 Å². The number of carbonyl (C=O) groups excluding carboxylic acids is 4. The Balaban J connectivity index is 1.45. The number of nitrogens with zero attached hydrogens (tertiary/aromatic N) is 1. The summed E-state index contributed by atoms with van der Waals surface area (Å²) in [5, 5.41) is 2.96. The second kappa shape index (κ2) is 9.09. The molecule has 2 aromatic carbocycles. The third kappa shape index (κ3) is 4.48. The molecule has 1 unspecified atom stereocenters. The first kappa shape index (κ1) is 22.6. The summed E-state index contributed by atoms with van der Waals surface area (Å²) in [6.45, 7) is 1.36. The minimum Gasteiger partial charge on any atom is -0.467 e. The summed E-state index contributed by atoms with van der Waals surface area (Å²) in [7, 11) is 0. The lowest BCUT2D eigenvalue weighted by Gasteiger charge is -2.14. The lowest BCUT2D eigenvalue weighted by atomic mass is 10.1. The third-order valence-corrected chi connectivity index (χ3v) is 5.78. The summed E-state index contributed by atoms with van der Waals surface area (Å²) in [4.78, 5) is 51.3. The molecular formula is C23H16Cl2N2O6. The van der Waals surface area contributed by atoms with E-state index in [2.05, 4.69) is 5.32 Å². The van der Waals surface area contributed by atoms with Crippen molar-refractivity contribution in [2.45, 2.75) is 19.6 Å². The monoisotopic (exact) mass is 486 g/mol. The molecule has 1 aliphatic rings. The van der Waals surface area contributed by atoms with Crippen molar-refractivity contribution in [1.82, 2.24) is 4.90 Å². The molecule has 0 aliphatic carbocycles. The number of amides is 3. The molecule has 0 bridgehead atoms. The predicted molar refractivity (Wildman–Crippen MR) is 119 cm³/mol. The number of hydrogen-bond donors (Lipinski definition) is 1. The van der Waals surface area contributed by atoms with Gasteiger partial charge in [0.15, 0.2) is 6.10 Å². The quantitative estimate of drug-likeness (QED) is 0.404. The van der Waals surface area contributed by atoms with E-state index in [1.165, 1.54) is 31.4 Å². The van der Waals surface area contributed by atoms with Crippen molar-refractivity contribution >= 4 is 52.6 Å². The normalized spacial score (nSPS) is 13.6. The number of benzene rings is 2. The summed E-state index contributed by atoms with van der Waals surface area (Å²) in [6, 6.07) is 12.1. The summed E-state index contributed by atoms with van der Waals surface area (Å²) in [5.74, 6) is -2.05. The van der Waals surface area contributed by atoms with E-state index in [1.54, 1.807) is 30.3 Å². The fourth-order valence-electron chi connectivity index (χ4n) is 3.24. The van der Waals surface area contributed by atoms with Gasteiger partial charge in [0.2, 0.25) is 0 Å². The van der Waals surface area contributed by atoms with E-state index < -0.39 is 29.8 Å². The smallest absolute Gasteiger partial charge is 0.338 e. The van der Waals surface area contributed by atoms with Gasteiger partial charge in [-0.1, -0.05) is 29.3 Å². The Morgan fingerprint density at radius 1 is 1.06 bits per heavy atom. The van der Waals surface area contributed by atoms with Crippen LogP contribution in [0.2, 0.25) is 10.0 Å². The van der Waals surface area contributed by atoms with E-state index in [4.69, 9.17) is 32.4 Å². The molecule has 0 fully saturated rings. The average molecular weight is 487 g/mol. The van der Waals surface area contributed by atoms with Crippen molar-refractivity contribution in [2.24, 2.45) is 0 Å². The van der Waals surface area contributed by atoms with Gasteiger partial charge in [-0.2, -0.15) is 0 Å². The van der Waals surface area contributed by atoms with Gasteiger partial charge in [-0.15, -0.1) is 0 Å². The first-order valence-electron chi connectivity index (χ1n) is 9.74. The Morgan fingerprint density at radius 2 is 1.82 bits per heavy atom. The molecule has 1 N–H and O–H groups in total. The van der Waals surface area contributed by atoms with Crippen LogP contribution < -0.4 is 5.32 Å². The molecule has 3 aromatic rings. The number of ether oxygens (including phenoxy) is 1. The minimum absolute atomic E-state index is 0.0233. The van der Waals surface area contributed by atoms with Crippen LogP contribution in [0.1, 0.15) is 43.8 Å². The molecule has 0 saturated heterocycles. The molecule has 33 heavy (non-hydrogen) atoms. The van der Waals surface area contributed by atoms with Crippen molar-refractivity contribution in [3.63, 3.8) is 0 Å². The van der Waals surface area contributed by atoms with Crippen LogP contribution in [0.25, 0.3) is 0 Å². The lowest BCUT2D eigenvalue weighted by Crippen LogP contribution is -2.30. The maximum Gasteiger partial charge on any atom is 0.338 e. The first-order valence-corrected chi connectivity index (χ1v) is 10.5. The summed E-state index contributed by atoms with van der Waals surface area (Å²) in [6.07, 6.45) is 0.271. The van der Waals surface area contributed by atoms with E-state index >= 15 is 0 Å². The Kier molecular flexibility index (Phi) is 6.22. The summed E-state index contributed by atoms with van der Waals surface area (Å²) >= 11 is 12.0. The Morgan fingerprint density at radius 3 is 2.55 bits per heavy atom. The molecular weight excluding hydrogens is 471 g/mol. The SMILES string of the molecule is CC(OC(=O)c1ccc2c(c1)C(=O)N(Cc1ccco1)C2=O)C(=O)Nc1cccc(Cl)c1Cl. The highest BCUT2D eigenvalue weighted by molar-refractivity contribution is 6.44. The Bertz CT molecular complexity index is 1270. The molecule has 1 atom stereocenters. The molecule has 2 heterocycles. The van der Waals surface area contributed by atoms with E-state index in [-0.39, 0.29) is 39.0 Å². The number of fused-ring (bicyclic) bond motifs is 1. The number of rotatable bonds is 6. The van der Waals surface area contributed by atoms with Crippen LogP contribution in [-0.4, -0.2) is 34.7 Å². The second-order valence-corrected chi connectivity index (χ2v) is 7.96. The van der Waals surface area contributed by atoms with Crippen molar-refractivity contribution in [3.05, 3.63) is 87.3 Å². The molecule has 10 heteroatoms. The Hall–Kier alpha value is -3.62. The number of imide groups is 1. The van der Waals surface area contributed by atoms with Gasteiger partial charge in [0.25, 0.3) is 17.7 Å². The number of hydrogen-bond acceptors (Lipinski definition) is 6. The Labute approximate surface area is 198 Å². The van der Waals surface area contributed by atoms with Crippen LogP contribution in [0.3, 0.4) is 0 Å². The standard InChI is InChI=1S/C23H16Cl2N2O6/c1-12(20(28)26-18-6-2-5-17(24)19(18)25)33-23(31)13-7-8-15-16(10-13)22(30)27(21(15)29)11-14-4-3-9-32-14/h2-10,12H,11H2,1H3,(H,26,28). The van der Waals surface area contributed by atoms with Gasteiger partial charge in [-0.25, -0.2) is 4.79 Å². The number of furan rings is 1. The highest BCUT2D eigenvalue weighted by atomic mass is 35.5. The van der Waals surface area contributed by atoms with Crippen LogP contribution in [0, 0.1) is 0 Å². The number of esters is 1. The highest BCUT2D eigenvalue weighted by Gasteiger charge is 2.36. The van der Waals surface area contributed by atoms with E-state index in [9.17, 15) is 19.2 Å². The van der Waals surface area contributed by atoms with E-state index in [0.717, 1.165) is 4.90 Å². The summed E-state index contributed by atoms with van der Waals surface area (Å²) in [5.41, 5.74) is 0.541. The molecule has 3 amide bonds. The van der Waals surface area contributed by atoms with Gasteiger partial charge in [-0.3, -0.25) is 19.3 Å². The molecule has 168 valence electrons. The fraction of sp³-hybridized carbons (Fsp3) is 0.130. The largest absolute Gasteiger partial charge is 0.467 e. The van der Waals surface area contributed by atoms with E-state index in [0.29, 0.717) is 5.76 Å². The zero-order chi connectivity index (χ0) is 23.7. The molecule has 0 radical (unpaired) electrons. The number of nitrogens with one attached hydrogen (secondary N) is 1. The predicted octanol–water partition coefficient (Wildman–Crippen LogP) is 4.57. The van der Waals surface area contributed by atoms with Crippen LogP contribution in [-0.2, 0) is 16.1 Å². The number of carbonyl (C=O) groups is 4. The number of halogens is 2. The topological polar surface area (TPSA) is 106 Å². The second-order valence-electron chi connectivity index (χ2n) is 7.17.